The number of aryl methyl sites for hydroxylation is 1. The highest BCUT2D eigenvalue weighted by molar-refractivity contribution is 7.91. The topological polar surface area (TPSA) is 72.9 Å². The van der Waals surface area contributed by atoms with Crippen molar-refractivity contribution in [2.75, 3.05) is 25.2 Å². The third-order valence-electron chi connectivity index (χ3n) is 4.67. The molecule has 0 N–H and O–H groups in total. The Morgan fingerprint density at radius 3 is 2.48 bits per heavy atom. The molecule has 0 spiro atoms. The Bertz CT molecular complexity index is 889. The Balaban J connectivity index is 1.70. The van der Waals surface area contributed by atoms with Crippen LogP contribution in [0.1, 0.15) is 16.9 Å². The van der Waals surface area contributed by atoms with Crippen molar-refractivity contribution in [3.63, 3.8) is 0 Å². The number of carbonyl (C=O) groups excluding carboxylic acids is 1. The molecule has 2 heterocycles. The van der Waals surface area contributed by atoms with E-state index in [1.165, 1.54) is 0 Å². The van der Waals surface area contributed by atoms with Gasteiger partial charge >= 0.3 is 0 Å². The van der Waals surface area contributed by atoms with Crippen molar-refractivity contribution < 1.29 is 22.7 Å². The van der Waals surface area contributed by atoms with Gasteiger partial charge in [-0.1, -0.05) is 0 Å². The Kier molecular flexibility index (Phi) is 6.06. The van der Waals surface area contributed by atoms with Crippen LogP contribution < -0.4 is 9.47 Å². The van der Waals surface area contributed by atoms with E-state index in [2.05, 4.69) is 0 Å². The largest absolute Gasteiger partial charge is 0.497 e. The molecule has 0 saturated carbocycles. The molecule has 1 aliphatic heterocycles. The molecule has 0 bridgehead atoms. The maximum atomic E-state index is 12.9. The van der Waals surface area contributed by atoms with Crippen LogP contribution in [0.4, 0.5) is 0 Å². The summed E-state index contributed by atoms with van der Waals surface area (Å²) < 4.78 is 34.5. The number of thiophene rings is 1. The van der Waals surface area contributed by atoms with Gasteiger partial charge in [0.25, 0.3) is 5.91 Å². The van der Waals surface area contributed by atoms with Crippen molar-refractivity contribution >= 4 is 27.1 Å². The molecule has 1 amide bonds. The molecule has 0 unspecified atom stereocenters. The van der Waals surface area contributed by atoms with Gasteiger partial charge in [0, 0.05) is 10.9 Å². The average Bonchev–Trinajstić information content (AvgIpc) is 3.22. The maximum absolute atomic E-state index is 12.9. The number of rotatable bonds is 7. The number of carbonyl (C=O) groups is 1. The molecule has 3 rings (SSSR count). The van der Waals surface area contributed by atoms with E-state index in [1.807, 2.05) is 18.4 Å². The summed E-state index contributed by atoms with van der Waals surface area (Å²) >= 11 is 1.57. The van der Waals surface area contributed by atoms with Gasteiger partial charge in [-0.15, -0.1) is 11.3 Å². The van der Waals surface area contributed by atoms with Gasteiger partial charge in [-0.2, -0.15) is 0 Å². The predicted octanol–water partition coefficient (Wildman–Crippen LogP) is 2.66. The minimum absolute atomic E-state index is 0.0195. The Labute approximate surface area is 163 Å². The van der Waals surface area contributed by atoms with Crippen LogP contribution in [-0.2, 0) is 21.2 Å². The van der Waals surface area contributed by atoms with Gasteiger partial charge in [0.2, 0.25) is 0 Å². The fourth-order valence-electron chi connectivity index (χ4n) is 3.06. The summed E-state index contributed by atoms with van der Waals surface area (Å²) in [6.45, 7) is 2.27. The number of hydrogen-bond donors (Lipinski definition) is 0. The molecule has 27 heavy (non-hydrogen) atoms. The minimum Gasteiger partial charge on any atom is -0.497 e. The van der Waals surface area contributed by atoms with E-state index in [0.29, 0.717) is 24.5 Å². The van der Waals surface area contributed by atoms with Crippen LogP contribution in [-0.4, -0.2) is 50.5 Å². The number of ether oxygens (including phenoxy) is 2. The molecule has 2 aromatic rings. The SMILES string of the molecule is COc1ccc(OCC(=O)N(Cc2sccc2C)[C@@H]2CCS(=O)(=O)C2)cc1. The lowest BCUT2D eigenvalue weighted by Gasteiger charge is -2.28. The van der Waals surface area contributed by atoms with E-state index in [9.17, 15) is 13.2 Å². The van der Waals surface area contributed by atoms with Gasteiger partial charge in [-0.05, 0) is 54.6 Å². The molecule has 8 heteroatoms. The van der Waals surface area contributed by atoms with Crippen LogP contribution in [0.15, 0.2) is 35.7 Å². The summed E-state index contributed by atoms with van der Waals surface area (Å²) in [5.74, 6) is 1.21. The number of amides is 1. The third kappa shape index (κ3) is 5.01. The van der Waals surface area contributed by atoms with Crippen molar-refractivity contribution in [2.24, 2.45) is 0 Å². The summed E-state index contributed by atoms with van der Waals surface area (Å²) in [7, 11) is -1.50. The lowest BCUT2D eigenvalue weighted by Crippen LogP contribution is -2.43. The zero-order valence-corrected chi connectivity index (χ0v) is 17.0. The van der Waals surface area contributed by atoms with Crippen molar-refractivity contribution in [3.8, 4) is 11.5 Å². The highest BCUT2D eigenvalue weighted by atomic mass is 32.2. The molecule has 146 valence electrons. The van der Waals surface area contributed by atoms with E-state index < -0.39 is 9.84 Å². The van der Waals surface area contributed by atoms with Crippen LogP contribution in [0.3, 0.4) is 0 Å². The number of nitrogens with zero attached hydrogens (tertiary/aromatic N) is 1. The van der Waals surface area contributed by atoms with Gasteiger partial charge in [-0.3, -0.25) is 4.79 Å². The van der Waals surface area contributed by atoms with Crippen molar-refractivity contribution in [3.05, 3.63) is 46.2 Å². The quantitative estimate of drug-likeness (QED) is 0.703. The first kappa shape index (κ1) is 19.7. The molecular formula is C19H23NO5S2. The molecule has 0 aliphatic carbocycles. The predicted molar refractivity (Wildman–Crippen MR) is 105 cm³/mol. The zero-order chi connectivity index (χ0) is 19.4. The second-order valence-corrected chi connectivity index (χ2v) is 9.80. The van der Waals surface area contributed by atoms with Crippen molar-refractivity contribution in [2.45, 2.75) is 25.9 Å². The fraction of sp³-hybridized carbons (Fsp3) is 0.421. The molecule has 1 fully saturated rings. The number of methoxy groups -OCH3 is 1. The van der Waals surface area contributed by atoms with Gasteiger partial charge in [-0.25, -0.2) is 8.42 Å². The third-order valence-corrected chi connectivity index (χ3v) is 7.43. The molecule has 1 saturated heterocycles. The smallest absolute Gasteiger partial charge is 0.261 e. The monoisotopic (exact) mass is 409 g/mol. The second-order valence-electron chi connectivity index (χ2n) is 6.57. The Morgan fingerprint density at radius 2 is 1.93 bits per heavy atom. The van der Waals surface area contributed by atoms with Gasteiger partial charge in [0.15, 0.2) is 16.4 Å². The van der Waals surface area contributed by atoms with Crippen LogP contribution in [0.5, 0.6) is 11.5 Å². The van der Waals surface area contributed by atoms with E-state index in [1.54, 1.807) is 47.6 Å². The van der Waals surface area contributed by atoms with Crippen LogP contribution in [0.2, 0.25) is 0 Å². The molecule has 1 aromatic heterocycles. The first-order valence-electron chi connectivity index (χ1n) is 8.67. The standard InChI is InChI=1S/C19H23NO5S2/c1-14-7-9-26-18(14)11-20(15-8-10-27(22,23)13-15)19(21)12-25-17-5-3-16(24-2)4-6-17/h3-7,9,15H,8,10-13H2,1-2H3/t15-/m1/s1. The molecule has 1 aliphatic rings. The normalized spacial score (nSPS) is 18.2. The Morgan fingerprint density at radius 1 is 1.22 bits per heavy atom. The van der Waals surface area contributed by atoms with Crippen molar-refractivity contribution in [1.82, 2.24) is 4.90 Å². The summed E-state index contributed by atoms with van der Waals surface area (Å²) in [4.78, 5) is 15.6. The maximum Gasteiger partial charge on any atom is 0.261 e. The molecule has 1 aromatic carbocycles. The lowest BCUT2D eigenvalue weighted by atomic mass is 10.2. The molecule has 6 nitrogen and oxygen atoms in total. The molecule has 0 radical (unpaired) electrons. The van der Waals surface area contributed by atoms with Gasteiger partial charge < -0.3 is 14.4 Å². The summed E-state index contributed by atoms with van der Waals surface area (Å²) in [6, 6.07) is 8.69. The highest BCUT2D eigenvalue weighted by Crippen LogP contribution is 2.24. The number of hydrogen-bond acceptors (Lipinski definition) is 6. The summed E-state index contributed by atoms with van der Waals surface area (Å²) in [6.07, 6.45) is 0.473. The number of sulfone groups is 1. The number of benzene rings is 1. The van der Waals surface area contributed by atoms with Gasteiger partial charge in [0.1, 0.15) is 11.5 Å². The van der Waals surface area contributed by atoms with E-state index in [-0.39, 0.29) is 30.1 Å². The Hall–Kier alpha value is -2.06. The first-order chi connectivity index (χ1) is 12.9. The molecular weight excluding hydrogens is 386 g/mol. The zero-order valence-electron chi connectivity index (χ0n) is 15.4. The average molecular weight is 410 g/mol. The first-order valence-corrected chi connectivity index (χ1v) is 11.4. The van der Waals surface area contributed by atoms with Crippen LogP contribution in [0.25, 0.3) is 0 Å². The minimum atomic E-state index is -3.08. The lowest BCUT2D eigenvalue weighted by molar-refractivity contribution is -0.135. The summed E-state index contributed by atoms with van der Waals surface area (Å²) in [5, 5.41) is 1.98. The van der Waals surface area contributed by atoms with Crippen LogP contribution >= 0.6 is 11.3 Å². The van der Waals surface area contributed by atoms with Crippen LogP contribution in [0, 0.1) is 6.92 Å². The fourth-order valence-corrected chi connectivity index (χ4v) is 5.70. The van der Waals surface area contributed by atoms with E-state index in [0.717, 1.165) is 10.4 Å². The van der Waals surface area contributed by atoms with Gasteiger partial charge in [0.05, 0.1) is 25.2 Å². The molecule has 1 atom stereocenters. The summed E-state index contributed by atoms with van der Waals surface area (Å²) in [5.41, 5.74) is 1.11. The van der Waals surface area contributed by atoms with E-state index in [4.69, 9.17) is 9.47 Å². The van der Waals surface area contributed by atoms with E-state index >= 15 is 0 Å². The van der Waals surface area contributed by atoms with Crippen molar-refractivity contribution in [1.29, 1.82) is 0 Å². The highest BCUT2D eigenvalue weighted by Gasteiger charge is 2.35. The second kappa shape index (κ2) is 8.31.